The maximum absolute atomic E-state index is 10.9. The molecule has 0 aliphatic rings. The molecule has 0 amide bonds. The lowest BCUT2D eigenvalue weighted by Crippen LogP contribution is -2.19. The number of aryl methyl sites for hydroxylation is 1. The summed E-state index contributed by atoms with van der Waals surface area (Å²) < 4.78 is 1.40. The van der Waals surface area contributed by atoms with Crippen molar-refractivity contribution in [1.29, 1.82) is 0 Å². The van der Waals surface area contributed by atoms with E-state index in [9.17, 15) is 4.79 Å². The molecule has 1 rings (SSSR count). The van der Waals surface area contributed by atoms with Gasteiger partial charge in [-0.1, -0.05) is 39.0 Å². The Bertz CT molecular complexity index is 365. The number of hydrogen-bond acceptors (Lipinski definition) is 4. The van der Waals surface area contributed by atoms with Gasteiger partial charge in [0.25, 0.3) is 0 Å². The second kappa shape index (κ2) is 7.79. The number of aliphatic carboxylic acids is 1. The van der Waals surface area contributed by atoms with Crippen LogP contribution in [-0.2, 0) is 11.2 Å². The van der Waals surface area contributed by atoms with Crippen molar-refractivity contribution in [2.24, 2.45) is 0 Å². The molecule has 0 aliphatic carbocycles. The molecule has 6 nitrogen and oxygen atoms in total. The van der Waals surface area contributed by atoms with Crippen molar-refractivity contribution < 1.29 is 9.90 Å². The van der Waals surface area contributed by atoms with Gasteiger partial charge >= 0.3 is 5.97 Å². The van der Waals surface area contributed by atoms with Gasteiger partial charge in [-0.15, -0.1) is 5.10 Å². The average molecular weight is 254 g/mol. The first-order valence-corrected chi connectivity index (χ1v) is 6.66. The third-order valence-corrected chi connectivity index (χ3v) is 3.04. The van der Waals surface area contributed by atoms with E-state index in [4.69, 9.17) is 5.11 Å². The van der Waals surface area contributed by atoms with E-state index in [-0.39, 0.29) is 0 Å². The van der Waals surface area contributed by atoms with Gasteiger partial charge in [0, 0.05) is 6.42 Å². The average Bonchev–Trinajstić information content (AvgIpc) is 2.80. The highest BCUT2D eigenvalue weighted by atomic mass is 16.4. The molecular weight excluding hydrogens is 232 g/mol. The third-order valence-electron chi connectivity index (χ3n) is 3.04. The summed E-state index contributed by atoms with van der Waals surface area (Å²) in [4.78, 5) is 10.9. The zero-order valence-electron chi connectivity index (χ0n) is 11.2. The van der Waals surface area contributed by atoms with Crippen molar-refractivity contribution in [1.82, 2.24) is 20.2 Å². The molecule has 1 N–H and O–H groups in total. The van der Waals surface area contributed by atoms with E-state index < -0.39 is 12.0 Å². The predicted octanol–water partition coefficient (Wildman–Crippen LogP) is 2.22. The van der Waals surface area contributed by atoms with Gasteiger partial charge in [0.2, 0.25) is 0 Å². The molecular formula is C12H22N4O2. The van der Waals surface area contributed by atoms with Gasteiger partial charge in [0.05, 0.1) is 0 Å². The van der Waals surface area contributed by atoms with Crippen LogP contribution in [0, 0.1) is 0 Å². The summed E-state index contributed by atoms with van der Waals surface area (Å²) in [7, 11) is 0. The highest BCUT2D eigenvalue weighted by Gasteiger charge is 2.18. The lowest BCUT2D eigenvalue weighted by atomic mass is 10.1. The van der Waals surface area contributed by atoms with Crippen LogP contribution < -0.4 is 0 Å². The van der Waals surface area contributed by atoms with E-state index in [1.54, 1.807) is 6.92 Å². The molecule has 0 fully saturated rings. The molecule has 0 aliphatic heterocycles. The quantitative estimate of drug-likeness (QED) is 0.683. The minimum atomic E-state index is -0.911. The second-order valence-corrected chi connectivity index (χ2v) is 4.57. The van der Waals surface area contributed by atoms with Crippen LogP contribution in [0.1, 0.15) is 64.2 Å². The number of nitrogens with zero attached hydrogens (tertiary/aromatic N) is 4. The van der Waals surface area contributed by atoms with E-state index in [0.717, 1.165) is 19.3 Å². The number of hydrogen-bond donors (Lipinski definition) is 1. The maximum Gasteiger partial charge on any atom is 0.328 e. The molecule has 1 atom stereocenters. The summed E-state index contributed by atoms with van der Waals surface area (Å²) in [5, 5.41) is 20.1. The van der Waals surface area contributed by atoms with E-state index in [0.29, 0.717) is 5.82 Å². The Kier molecular flexibility index (Phi) is 6.32. The standard InChI is InChI=1S/C12H22N4O2/c1-3-4-5-6-7-8-9-11-13-14-15-16(11)10(2)12(17)18/h10H,3-9H2,1-2H3,(H,17,18). The first-order valence-electron chi connectivity index (χ1n) is 6.66. The number of carboxylic acids is 1. The smallest absolute Gasteiger partial charge is 0.328 e. The van der Waals surface area contributed by atoms with Crippen LogP contribution in [0.3, 0.4) is 0 Å². The highest BCUT2D eigenvalue weighted by Crippen LogP contribution is 2.11. The van der Waals surface area contributed by atoms with Gasteiger partial charge in [0.1, 0.15) is 6.04 Å². The fourth-order valence-electron chi connectivity index (χ4n) is 1.85. The Morgan fingerprint density at radius 2 is 1.94 bits per heavy atom. The van der Waals surface area contributed by atoms with Crippen LogP contribution in [0.4, 0.5) is 0 Å². The van der Waals surface area contributed by atoms with E-state index >= 15 is 0 Å². The van der Waals surface area contributed by atoms with Crippen LogP contribution in [0.25, 0.3) is 0 Å². The molecule has 1 aromatic rings. The summed E-state index contributed by atoms with van der Waals surface area (Å²) in [6.45, 7) is 3.78. The zero-order valence-corrected chi connectivity index (χ0v) is 11.2. The Labute approximate surface area is 107 Å². The number of carbonyl (C=O) groups is 1. The molecule has 1 unspecified atom stereocenters. The van der Waals surface area contributed by atoms with E-state index in [2.05, 4.69) is 22.4 Å². The second-order valence-electron chi connectivity index (χ2n) is 4.57. The zero-order chi connectivity index (χ0) is 13.4. The Morgan fingerprint density at radius 1 is 1.28 bits per heavy atom. The molecule has 0 aromatic carbocycles. The summed E-state index contributed by atoms with van der Waals surface area (Å²) >= 11 is 0. The van der Waals surface area contributed by atoms with Gasteiger partial charge < -0.3 is 5.11 Å². The van der Waals surface area contributed by atoms with Crippen molar-refractivity contribution in [3.63, 3.8) is 0 Å². The molecule has 0 bridgehead atoms. The summed E-state index contributed by atoms with van der Waals surface area (Å²) in [6.07, 6.45) is 7.93. The van der Waals surface area contributed by atoms with Gasteiger partial charge in [0.15, 0.2) is 5.82 Å². The van der Waals surface area contributed by atoms with Crippen LogP contribution in [0.2, 0.25) is 0 Å². The van der Waals surface area contributed by atoms with Crippen molar-refractivity contribution >= 4 is 5.97 Å². The van der Waals surface area contributed by atoms with Gasteiger partial charge in [-0.2, -0.15) is 0 Å². The van der Waals surface area contributed by atoms with Crippen LogP contribution in [-0.4, -0.2) is 31.3 Å². The molecule has 0 saturated carbocycles. The summed E-state index contributed by atoms with van der Waals surface area (Å²) in [5.74, 6) is -0.244. The summed E-state index contributed by atoms with van der Waals surface area (Å²) in [5.41, 5.74) is 0. The molecule has 102 valence electrons. The number of unbranched alkanes of at least 4 members (excludes halogenated alkanes) is 5. The van der Waals surface area contributed by atoms with Crippen LogP contribution >= 0.6 is 0 Å². The minimum absolute atomic E-state index is 0.667. The number of tetrazole rings is 1. The molecule has 1 heterocycles. The lowest BCUT2D eigenvalue weighted by Gasteiger charge is -2.08. The molecule has 1 aromatic heterocycles. The minimum Gasteiger partial charge on any atom is -0.480 e. The molecule has 0 spiro atoms. The van der Waals surface area contributed by atoms with Crippen molar-refractivity contribution in [2.45, 2.75) is 64.8 Å². The number of aromatic nitrogens is 4. The number of carboxylic acid groups (broad SMARTS) is 1. The molecule has 6 heteroatoms. The van der Waals surface area contributed by atoms with Crippen molar-refractivity contribution in [2.75, 3.05) is 0 Å². The number of rotatable bonds is 9. The van der Waals surface area contributed by atoms with Gasteiger partial charge in [-0.3, -0.25) is 0 Å². The predicted molar refractivity (Wildman–Crippen MR) is 67.2 cm³/mol. The Morgan fingerprint density at radius 3 is 2.61 bits per heavy atom. The first-order chi connectivity index (χ1) is 8.66. The lowest BCUT2D eigenvalue weighted by molar-refractivity contribution is -0.140. The SMILES string of the molecule is CCCCCCCCc1nnnn1C(C)C(=O)O. The molecule has 18 heavy (non-hydrogen) atoms. The molecule has 0 radical (unpaired) electrons. The fraction of sp³-hybridized carbons (Fsp3) is 0.833. The topological polar surface area (TPSA) is 80.9 Å². The van der Waals surface area contributed by atoms with Crippen LogP contribution in [0.5, 0.6) is 0 Å². The van der Waals surface area contributed by atoms with Crippen molar-refractivity contribution in [3.8, 4) is 0 Å². The van der Waals surface area contributed by atoms with E-state index in [1.807, 2.05) is 0 Å². The fourth-order valence-corrected chi connectivity index (χ4v) is 1.85. The summed E-state index contributed by atoms with van der Waals surface area (Å²) in [6, 6.07) is -0.699. The third kappa shape index (κ3) is 4.43. The van der Waals surface area contributed by atoms with Gasteiger partial charge in [-0.05, 0) is 23.8 Å². The molecule has 0 saturated heterocycles. The largest absolute Gasteiger partial charge is 0.480 e. The Hall–Kier alpha value is -1.46. The normalized spacial score (nSPS) is 12.6. The first kappa shape index (κ1) is 14.6. The van der Waals surface area contributed by atoms with Gasteiger partial charge in [-0.25, -0.2) is 9.48 Å². The highest BCUT2D eigenvalue weighted by molar-refractivity contribution is 5.71. The van der Waals surface area contributed by atoms with Crippen molar-refractivity contribution in [3.05, 3.63) is 5.82 Å². The van der Waals surface area contributed by atoms with Crippen LogP contribution in [0.15, 0.2) is 0 Å². The Balaban J connectivity index is 2.34. The maximum atomic E-state index is 10.9. The van der Waals surface area contributed by atoms with E-state index in [1.165, 1.54) is 30.4 Å². The monoisotopic (exact) mass is 254 g/mol.